The number of carbonyl (C=O) groups excluding carboxylic acids is 2. The minimum Gasteiger partial charge on any atom is -0.548 e. The maximum absolute atomic E-state index is 11.9. The van der Waals surface area contributed by atoms with Gasteiger partial charge in [0, 0.05) is 6.54 Å². The van der Waals surface area contributed by atoms with Crippen LogP contribution in [0.15, 0.2) is 30.3 Å². The molecular formula is C14H16NO4-. The number of aliphatic carboxylic acids is 1. The van der Waals surface area contributed by atoms with Gasteiger partial charge in [-0.3, -0.25) is 4.90 Å². The monoisotopic (exact) mass is 262 g/mol. The molecule has 1 aromatic carbocycles. The second-order valence-electron chi connectivity index (χ2n) is 4.56. The van der Waals surface area contributed by atoms with E-state index in [1.165, 1.54) is 4.90 Å². The summed E-state index contributed by atoms with van der Waals surface area (Å²) in [5, 5.41) is 11.0. The van der Waals surface area contributed by atoms with Crippen molar-refractivity contribution in [3.63, 3.8) is 0 Å². The second-order valence-corrected chi connectivity index (χ2v) is 4.56. The molecule has 1 fully saturated rings. The number of carboxylic acids is 1. The summed E-state index contributed by atoms with van der Waals surface area (Å²) >= 11 is 0. The molecule has 0 aliphatic carbocycles. The Bertz CT molecular complexity index is 446. The third kappa shape index (κ3) is 3.47. The molecule has 1 aliphatic rings. The Labute approximate surface area is 111 Å². The Balaban J connectivity index is 1.93. The lowest BCUT2D eigenvalue weighted by molar-refractivity contribution is -0.311. The van der Waals surface area contributed by atoms with E-state index in [1.807, 2.05) is 30.3 Å². The van der Waals surface area contributed by atoms with E-state index < -0.39 is 18.1 Å². The number of likely N-dealkylation sites (tertiary alicyclic amines) is 1. The van der Waals surface area contributed by atoms with E-state index in [9.17, 15) is 14.7 Å². The molecule has 102 valence electrons. The van der Waals surface area contributed by atoms with Crippen molar-refractivity contribution < 1.29 is 19.4 Å². The lowest BCUT2D eigenvalue weighted by Crippen LogP contribution is -2.52. The van der Waals surface area contributed by atoms with Crippen molar-refractivity contribution in [2.24, 2.45) is 0 Å². The molecule has 1 amide bonds. The first-order valence-electron chi connectivity index (χ1n) is 6.36. The first-order chi connectivity index (χ1) is 9.18. The zero-order valence-corrected chi connectivity index (χ0v) is 10.6. The lowest BCUT2D eigenvalue weighted by atomic mass is 10.0. The zero-order chi connectivity index (χ0) is 13.7. The predicted octanol–water partition coefficient (Wildman–Crippen LogP) is 0.928. The van der Waals surface area contributed by atoms with Gasteiger partial charge in [0.1, 0.15) is 6.61 Å². The van der Waals surface area contributed by atoms with Gasteiger partial charge in [0.2, 0.25) is 0 Å². The van der Waals surface area contributed by atoms with E-state index in [0.29, 0.717) is 13.0 Å². The van der Waals surface area contributed by atoms with Gasteiger partial charge in [-0.2, -0.15) is 0 Å². The smallest absolute Gasteiger partial charge is 0.410 e. The number of ether oxygens (including phenoxy) is 1. The Morgan fingerprint density at radius 2 is 2.00 bits per heavy atom. The third-order valence-electron chi connectivity index (χ3n) is 3.21. The molecule has 5 heteroatoms. The number of amides is 1. The molecule has 0 N–H and O–H groups in total. The Morgan fingerprint density at radius 3 is 2.68 bits per heavy atom. The Kier molecular flexibility index (Phi) is 4.39. The van der Waals surface area contributed by atoms with Gasteiger partial charge < -0.3 is 14.6 Å². The van der Waals surface area contributed by atoms with Crippen LogP contribution in [0.25, 0.3) is 0 Å². The standard InChI is InChI=1S/C14H17NO4/c16-13(17)12-8-4-5-9-15(12)14(18)19-10-11-6-2-1-3-7-11/h1-3,6-7,12H,4-5,8-10H2,(H,16,17)/p-1/t12-/m1/s1. The highest BCUT2D eigenvalue weighted by molar-refractivity contribution is 5.78. The number of nitrogens with zero attached hydrogens (tertiary/aromatic N) is 1. The predicted molar refractivity (Wildman–Crippen MR) is 66.0 cm³/mol. The third-order valence-corrected chi connectivity index (χ3v) is 3.21. The summed E-state index contributed by atoms with van der Waals surface area (Å²) < 4.78 is 5.14. The minimum atomic E-state index is -1.21. The van der Waals surface area contributed by atoms with Crippen LogP contribution in [0.4, 0.5) is 4.79 Å². The summed E-state index contributed by atoms with van der Waals surface area (Å²) in [5.41, 5.74) is 0.873. The molecule has 1 aliphatic heterocycles. The number of piperidine rings is 1. The summed E-state index contributed by atoms with van der Waals surface area (Å²) in [6.07, 6.45) is 1.44. The number of benzene rings is 1. The van der Waals surface area contributed by atoms with Gasteiger partial charge in [-0.15, -0.1) is 0 Å². The number of rotatable bonds is 3. The van der Waals surface area contributed by atoms with Crippen LogP contribution >= 0.6 is 0 Å². The van der Waals surface area contributed by atoms with Crippen molar-refractivity contribution in [3.05, 3.63) is 35.9 Å². The topological polar surface area (TPSA) is 69.7 Å². The van der Waals surface area contributed by atoms with Crippen molar-refractivity contribution in [2.45, 2.75) is 31.9 Å². The first-order valence-corrected chi connectivity index (χ1v) is 6.36. The van der Waals surface area contributed by atoms with Crippen LogP contribution in [-0.4, -0.2) is 29.5 Å². The summed E-state index contributed by atoms with van der Waals surface area (Å²) in [5.74, 6) is -1.21. The molecule has 1 atom stereocenters. The molecule has 1 aromatic rings. The summed E-state index contributed by atoms with van der Waals surface area (Å²) in [7, 11) is 0. The fourth-order valence-corrected chi connectivity index (χ4v) is 2.20. The SMILES string of the molecule is O=C([O-])[C@H]1CCCCN1C(=O)OCc1ccccc1. The van der Waals surface area contributed by atoms with Crippen LogP contribution < -0.4 is 5.11 Å². The molecule has 0 spiro atoms. The first kappa shape index (κ1) is 13.4. The summed E-state index contributed by atoms with van der Waals surface area (Å²) in [6.45, 7) is 0.558. The molecule has 0 radical (unpaired) electrons. The summed E-state index contributed by atoms with van der Waals surface area (Å²) in [6, 6.07) is 8.42. The number of hydrogen-bond acceptors (Lipinski definition) is 4. The number of carboxylic acid groups (broad SMARTS) is 1. The van der Waals surface area contributed by atoms with E-state index in [-0.39, 0.29) is 6.61 Å². The molecule has 5 nitrogen and oxygen atoms in total. The van der Waals surface area contributed by atoms with Gasteiger partial charge in [-0.1, -0.05) is 30.3 Å². The van der Waals surface area contributed by atoms with E-state index >= 15 is 0 Å². The highest BCUT2D eigenvalue weighted by atomic mass is 16.6. The zero-order valence-electron chi connectivity index (χ0n) is 10.6. The van der Waals surface area contributed by atoms with Crippen molar-refractivity contribution >= 4 is 12.1 Å². The van der Waals surface area contributed by atoms with Crippen LogP contribution in [-0.2, 0) is 16.1 Å². The molecule has 19 heavy (non-hydrogen) atoms. The van der Waals surface area contributed by atoms with Gasteiger partial charge >= 0.3 is 6.09 Å². The van der Waals surface area contributed by atoms with E-state index in [1.54, 1.807) is 0 Å². The number of hydrogen-bond donors (Lipinski definition) is 0. The largest absolute Gasteiger partial charge is 0.548 e. The van der Waals surface area contributed by atoms with Crippen molar-refractivity contribution in [2.75, 3.05) is 6.54 Å². The molecule has 2 rings (SSSR count). The van der Waals surface area contributed by atoms with E-state index in [2.05, 4.69) is 0 Å². The van der Waals surface area contributed by atoms with E-state index in [4.69, 9.17) is 4.74 Å². The molecular weight excluding hydrogens is 246 g/mol. The highest BCUT2D eigenvalue weighted by Gasteiger charge is 2.28. The Hall–Kier alpha value is -2.04. The van der Waals surface area contributed by atoms with Crippen molar-refractivity contribution in [1.29, 1.82) is 0 Å². The molecule has 0 aromatic heterocycles. The maximum Gasteiger partial charge on any atom is 0.410 e. The number of carbonyl (C=O) groups is 2. The second kappa shape index (κ2) is 6.22. The molecule has 0 unspecified atom stereocenters. The molecule has 1 heterocycles. The maximum atomic E-state index is 11.9. The van der Waals surface area contributed by atoms with Gasteiger partial charge in [0.25, 0.3) is 0 Å². The average molecular weight is 262 g/mol. The average Bonchev–Trinajstić information content (AvgIpc) is 2.46. The van der Waals surface area contributed by atoms with Gasteiger partial charge in [-0.25, -0.2) is 4.79 Å². The van der Waals surface area contributed by atoms with Gasteiger partial charge in [-0.05, 0) is 24.8 Å². The quantitative estimate of drug-likeness (QED) is 0.812. The van der Waals surface area contributed by atoms with Gasteiger partial charge in [0.15, 0.2) is 0 Å². The molecule has 1 saturated heterocycles. The van der Waals surface area contributed by atoms with Crippen molar-refractivity contribution in [3.8, 4) is 0 Å². The Morgan fingerprint density at radius 1 is 1.26 bits per heavy atom. The van der Waals surface area contributed by atoms with Crippen LogP contribution in [0, 0.1) is 0 Å². The fourth-order valence-electron chi connectivity index (χ4n) is 2.20. The normalized spacial score (nSPS) is 18.9. The van der Waals surface area contributed by atoms with E-state index in [0.717, 1.165) is 18.4 Å². The van der Waals surface area contributed by atoms with Crippen LogP contribution in [0.2, 0.25) is 0 Å². The van der Waals surface area contributed by atoms with Crippen LogP contribution in [0.3, 0.4) is 0 Å². The molecule has 0 bridgehead atoms. The highest BCUT2D eigenvalue weighted by Crippen LogP contribution is 2.18. The molecule has 0 saturated carbocycles. The minimum absolute atomic E-state index is 0.149. The lowest BCUT2D eigenvalue weighted by Gasteiger charge is -2.35. The fraction of sp³-hybridized carbons (Fsp3) is 0.429. The van der Waals surface area contributed by atoms with Crippen LogP contribution in [0.5, 0.6) is 0 Å². The van der Waals surface area contributed by atoms with Crippen LogP contribution in [0.1, 0.15) is 24.8 Å². The van der Waals surface area contributed by atoms with Crippen molar-refractivity contribution in [1.82, 2.24) is 4.90 Å². The summed E-state index contributed by atoms with van der Waals surface area (Å²) in [4.78, 5) is 24.1. The van der Waals surface area contributed by atoms with Gasteiger partial charge in [0.05, 0.1) is 12.0 Å².